The summed E-state index contributed by atoms with van der Waals surface area (Å²) >= 11 is 0. The molecule has 156 valence electrons. The SMILES string of the molecule is C[C@@H]1C[C@@H](C)CN([C@@H](C)C(=O)Nc2ccc(S(=O)(=O)N3CCCCC3)cc2)C1. The van der Waals surface area contributed by atoms with Crippen LogP contribution in [0.4, 0.5) is 5.69 Å². The second-order valence-electron chi connectivity index (χ2n) is 8.55. The zero-order chi connectivity index (χ0) is 20.3. The van der Waals surface area contributed by atoms with Gasteiger partial charge in [0.1, 0.15) is 0 Å². The Morgan fingerprint density at radius 1 is 1.04 bits per heavy atom. The zero-order valence-electron chi connectivity index (χ0n) is 17.2. The van der Waals surface area contributed by atoms with Crippen LogP contribution in [0.1, 0.15) is 46.5 Å². The normalized spacial score (nSPS) is 26.0. The minimum atomic E-state index is -3.44. The molecule has 1 N–H and O–H groups in total. The predicted molar refractivity (Wildman–Crippen MR) is 112 cm³/mol. The molecule has 0 unspecified atom stereocenters. The van der Waals surface area contributed by atoms with Crippen molar-refractivity contribution in [1.29, 1.82) is 0 Å². The van der Waals surface area contributed by atoms with Crippen molar-refractivity contribution in [2.75, 3.05) is 31.5 Å². The number of carbonyl (C=O) groups excluding carboxylic acids is 1. The van der Waals surface area contributed by atoms with Crippen molar-refractivity contribution in [3.63, 3.8) is 0 Å². The van der Waals surface area contributed by atoms with Crippen LogP contribution in [0.2, 0.25) is 0 Å². The van der Waals surface area contributed by atoms with E-state index in [0.29, 0.717) is 35.5 Å². The standard InChI is InChI=1S/C21H33N3O3S/c1-16-13-17(2)15-23(14-16)18(3)21(25)22-19-7-9-20(10-8-19)28(26,27)24-11-5-4-6-12-24/h7-10,16-18H,4-6,11-15H2,1-3H3,(H,22,25)/t16-,17-,18+/m1/s1. The van der Waals surface area contributed by atoms with Gasteiger partial charge in [0, 0.05) is 31.9 Å². The maximum atomic E-state index is 12.7. The number of piperidine rings is 2. The Balaban J connectivity index is 1.62. The van der Waals surface area contributed by atoms with Crippen LogP contribution in [0.3, 0.4) is 0 Å². The third kappa shape index (κ3) is 4.93. The van der Waals surface area contributed by atoms with Crippen LogP contribution < -0.4 is 5.32 Å². The van der Waals surface area contributed by atoms with Crippen molar-refractivity contribution >= 4 is 21.6 Å². The van der Waals surface area contributed by atoms with E-state index in [-0.39, 0.29) is 11.9 Å². The van der Waals surface area contributed by atoms with Gasteiger partial charge < -0.3 is 5.32 Å². The zero-order valence-corrected chi connectivity index (χ0v) is 18.0. The number of sulfonamides is 1. The number of hydrogen-bond acceptors (Lipinski definition) is 4. The molecule has 28 heavy (non-hydrogen) atoms. The van der Waals surface area contributed by atoms with Gasteiger partial charge in [-0.1, -0.05) is 20.3 Å². The topological polar surface area (TPSA) is 69.7 Å². The average Bonchev–Trinajstić information content (AvgIpc) is 2.67. The first-order valence-corrected chi connectivity index (χ1v) is 11.9. The molecule has 2 aliphatic heterocycles. The van der Waals surface area contributed by atoms with Gasteiger partial charge >= 0.3 is 0 Å². The fraction of sp³-hybridized carbons (Fsp3) is 0.667. The number of amides is 1. The van der Waals surface area contributed by atoms with Gasteiger partial charge in [-0.3, -0.25) is 9.69 Å². The first-order valence-electron chi connectivity index (χ1n) is 10.4. The summed E-state index contributed by atoms with van der Waals surface area (Å²) in [6, 6.07) is 6.35. The molecular formula is C21H33N3O3S. The molecule has 0 saturated carbocycles. The van der Waals surface area contributed by atoms with Gasteiger partial charge in [-0.15, -0.1) is 0 Å². The number of anilines is 1. The van der Waals surface area contributed by atoms with Gasteiger partial charge in [0.25, 0.3) is 0 Å². The molecule has 0 aromatic heterocycles. The molecule has 0 spiro atoms. The predicted octanol–water partition coefficient (Wildman–Crippen LogP) is 3.17. The van der Waals surface area contributed by atoms with Crippen LogP contribution in [0.25, 0.3) is 0 Å². The Kier molecular flexibility index (Phi) is 6.78. The van der Waals surface area contributed by atoms with Gasteiger partial charge in [0.2, 0.25) is 15.9 Å². The van der Waals surface area contributed by atoms with E-state index in [0.717, 1.165) is 32.4 Å². The lowest BCUT2D eigenvalue weighted by Gasteiger charge is -2.38. The molecule has 0 radical (unpaired) electrons. The molecule has 2 fully saturated rings. The van der Waals surface area contributed by atoms with E-state index in [4.69, 9.17) is 0 Å². The van der Waals surface area contributed by atoms with Crippen LogP contribution >= 0.6 is 0 Å². The van der Waals surface area contributed by atoms with Gasteiger partial charge in [-0.05, 0) is 62.3 Å². The monoisotopic (exact) mass is 407 g/mol. The molecule has 0 aliphatic carbocycles. The van der Waals surface area contributed by atoms with E-state index in [1.807, 2.05) is 6.92 Å². The van der Waals surface area contributed by atoms with E-state index in [2.05, 4.69) is 24.1 Å². The molecule has 3 atom stereocenters. The number of benzene rings is 1. The highest BCUT2D eigenvalue weighted by molar-refractivity contribution is 7.89. The smallest absolute Gasteiger partial charge is 0.243 e. The van der Waals surface area contributed by atoms with Crippen LogP contribution in [-0.2, 0) is 14.8 Å². The molecule has 3 rings (SSSR count). The minimum Gasteiger partial charge on any atom is -0.325 e. The first kappa shape index (κ1) is 21.3. The molecule has 2 saturated heterocycles. The minimum absolute atomic E-state index is 0.0482. The van der Waals surface area contributed by atoms with Crippen LogP contribution in [0, 0.1) is 11.8 Å². The highest BCUT2D eigenvalue weighted by Crippen LogP contribution is 2.24. The Labute approximate surface area is 169 Å². The molecule has 1 aromatic rings. The molecule has 2 aliphatic rings. The van der Waals surface area contributed by atoms with Crippen LogP contribution in [0.15, 0.2) is 29.2 Å². The van der Waals surface area contributed by atoms with Crippen molar-refractivity contribution < 1.29 is 13.2 Å². The molecule has 1 aromatic carbocycles. The lowest BCUT2D eigenvalue weighted by Crippen LogP contribution is -2.48. The summed E-state index contributed by atoms with van der Waals surface area (Å²) in [6.07, 6.45) is 4.12. The average molecular weight is 408 g/mol. The van der Waals surface area contributed by atoms with Crippen molar-refractivity contribution in [3.05, 3.63) is 24.3 Å². The third-order valence-electron chi connectivity index (χ3n) is 5.90. The van der Waals surface area contributed by atoms with Crippen molar-refractivity contribution in [3.8, 4) is 0 Å². The largest absolute Gasteiger partial charge is 0.325 e. The molecular weight excluding hydrogens is 374 g/mol. The van der Waals surface area contributed by atoms with E-state index >= 15 is 0 Å². The Hall–Kier alpha value is -1.44. The maximum Gasteiger partial charge on any atom is 0.243 e. The molecule has 7 heteroatoms. The van der Waals surface area contributed by atoms with Crippen molar-refractivity contribution in [2.45, 2.75) is 57.4 Å². The maximum absolute atomic E-state index is 12.7. The van der Waals surface area contributed by atoms with Crippen molar-refractivity contribution in [2.24, 2.45) is 11.8 Å². The van der Waals surface area contributed by atoms with E-state index in [9.17, 15) is 13.2 Å². The summed E-state index contributed by atoms with van der Waals surface area (Å²) in [5.41, 5.74) is 0.632. The Bertz CT molecular complexity index is 763. The van der Waals surface area contributed by atoms with E-state index in [1.165, 1.54) is 6.42 Å². The molecule has 2 heterocycles. The first-order chi connectivity index (χ1) is 13.3. The summed E-state index contributed by atoms with van der Waals surface area (Å²) in [6.45, 7) is 9.45. The summed E-state index contributed by atoms with van der Waals surface area (Å²) in [4.78, 5) is 15.2. The van der Waals surface area contributed by atoms with Gasteiger partial charge in [-0.25, -0.2) is 8.42 Å². The number of rotatable bonds is 5. The number of nitrogens with zero attached hydrogens (tertiary/aromatic N) is 2. The van der Waals surface area contributed by atoms with E-state index < -0.39 is 10.0 Å². The van der Waals surface area contributed by atoms with Gasteiger partial charge in [0.05, 0.1) is 10.9 Å². The summed E-state index contributed by atoms with van der Waals surface area (Å²) in [5.74, 6) is 1.14. The fourth-order valence-electron chi connectivity index (χ4n) is 4.40. The lowest BCUT2D eigenvalue weighted by atomic mass is 9.91. The number of hydrogen-bond donors (Lipinski definition) is 1. The lowest BCUT2D eigenvalue weighted by molar-refractivity contribution is -0.121. The van der Waals surface area contributed by atoms with Crippen LogP contribution in [-0.4, -0.2) is 55.8 Å². The fourth-order valence-corrected chi connectivity index (χ4v) is 5.92. The van der Waals surface area contributed by atoms with Gasteiger partial charge in [-0.2, -0.15) is 4.31 Å². The van der Waals surface area contributed by atoms with Crippen LogP contribution in [0.5, 0.6) is 0 Å². The second kappa shape index (κ2) is 8.93. The van der Waals surface area contributed by atoms with Gasteiger partial charge in [0.15, 0.2) is 0 Å². The van der Waals surface area contributed by atoms with Crippen molar-refractivity contribution in [1.82, 2.24) is 9.21 Å². The molecule has 0 bridgehead atoms. The Morgan fingerprint density at radius 2 is 1.61 bits per heavy atom. The second-order valence-corrected chi connectivity index (χ2v) is 10.5. The summed E-state index contributed by atoms with van der Waals surface area (Å²) in [7, 11) is -3.44. The van der Waals surface area contributed by atoms with E-state index in [1.54, 1.807) is 28.6 Å². The summed E-state index contributed by atoms with van der Waals surface area (Å²) < 4.78 is 27.0. The summed E-state index contributed by atoms with van der Waals surface area (Å²) in [5, 5.41) is 2.94. The number of carbonyl (C=O) groups is 1. The molecule has 1 amide bonds. The molecule has 6 nitrogen and oxygen atoms in total. The number of nitrogens with one attached hydrogen (secondary N) is 1. The Morgan fingerprint density at radius 3 is 2.18 bits per heavy atom. The quantitative estimate of drug-likeness (QED) is 0.814. The highest BCUT2D eigenvalue weighted by atomic mass is 32.2. The third-order valence-corrected chi connectivity index (χ3v) is 7.81. The highest BCUT2D eigenvalue weighted by Gasteiger charge is 2.29. The number of likely N-dealkylation sites (tertiary alicyclic amines) is 1.